The second-order valence-corrected chi connectivity index (χ2v) is 2.29. The average Bonchev–Trinajstić information content (AvgIpc) is 1.61. The van der Waals surface area contributed by atoms with Gasteiger partial charge >= 0.3 is 16.3 Å². The molecule has 0 amide bonds. The summed E-state index contributed by atoms with van der Waals surface area (Å²) < 4.78 is 25.2. The molecule has 0 aromatic carbocycles. The maximum Gasteiger partial charge on any atom is 0.330 e. The average molecular weight is 171 g/mol. The Morgan fingerprint density at radius 3 is 1.70 bits per heavy atom. The molecule has 62 valence electrons. The number of hydrogen-bond acceptors (Lipinski definition) is 3. The number of aliphatic carboxylic acids is 1. The number of nitrogens with two attached hydrogens (primary N) is 1. The molecule has 0 aromatic heterocycles. The lowest BCUT2D eigenvalue weighted by atomic mass is 10.5. The molecule has 0 rings (SSSR count). The molecule has 0 radical (unpaired) electrons. The van der Waals surface area contributed by atoms with Crippen LogP contribution in [0.2, 0.25) is 0 Å². The fourth-order valence-electron chi connectivity index (χ4n) is 0. The van der Waals surface area contributed by atoms with Gasteiger partial charge in [0.15, 0.2) is 0 Å². The summed E-state index contributed by atoms with van der Waals surface area (Å²) in [7, 11) is -4.17. The van der Waals surface area contributed by atoms with Crippen molar-refractivity contribution < 1.29 is 22.9 Å². The van der Waals surface area contributed by atoms with Gasteiger partial charge in [-0.1, -0.05) is 6.92 Å². The molecule has 0 aliphatic heterocycles. The lowest BCUT2D eigenvalue weighted by Crippen LogP contribution is -2.08. The molecule has 0 heterocycles. The van der Waals surface area contributed by atoms with Crippen LogP contribution in [0.5, 0.6) is 0 Å². The summed E-state index contributed by atoms with van der Waals surface area (Å²) in [6, 6.07) is 0. The topological polar surface area (TPSA) is 118 Å². The van der Waals surface area contributed by atoms with E-state index < -0.39 is 16.3 Å². The normalized spacial score (nSPS) is 9.50. The Balaban J connectivity index is 0. The molecule has 0 aromatic rings. The van der Waals surface area contributed by atoms with E-state index in [0.717, 1.165) is 0 Å². The molecular weight excluding hydrogens is 162 g/mol. The third-order valence-electron chi connectivity index (χ3n) is 0.302. The molecule has 0 bridgehead atoms. The van der Waals surface area contributed by atoms with Crippen molar-refractivity contribution in [2.24, 2.45) is 5.14 Å². The number of carboxylic acids is 1. The van der Waals surface area contributed by atoms with Crippen molar-refractivity contribution in [1.82, 2.24) is 0 Å². The zero-order chi connectivity index (χ0) is 8.78. The standard InChI is InChI=1S/C3H6O2.H3NO3S/c1-2-3(4)5;1-5(2,3)4/h2H2,1H3,(H,4,5);(H3,1,2,3,4). The fourth-order valence-corrected chi connectivity index (χ4v) is 0. The van der Waals surface area contributed by atoms with E-state index in [0.29, 0.717) is 0 Å². The van der Waals surface area contributed by atoms with Gasteiger partial charge in [0.1, 0.15) is 0 Å². The van der Waals surface area contributed by atoms with Crippen LogP contribution in [0.15, 0.2) is 0 Å². The van der Waals surface area contributed by atoms with Gasteiger partial charge < -0.3 is 5.11 Å². The molecule has 0 spiro atoms. The Hall–Kier alpha value is -0.660. The summed E-state index contributed by atoms with van der Waals surface area (Å²) in [5, 5.41) is 11.6. The molecule has 0 saturated heterocycles. The highest BCUT2D eigenvalue weighted by molar-refractivity contribution is 7.83. The van der Waals surface area contributed by atoms with Gasteiger partial charge in [-0.25, -0.2) is 5.14 Å². The Bertz CT molecular complexity index is 175. The quantitative estimate of drug-likeness (QED) is 0.447. The van der Waals surface area contributed by atoms with E-state index in [-0.39, 0.29) is 6.42 Å². The monoisotopic (exact) mass is 171 g/mol. The van der Waals surface area contributed by atoms with Crippen LogP contribution in [-0.2, 0) is 15.1 Å². The minimum Gasteiger partial charge on any atom is -0.481 e. The summed E-state index contributed by atoms with van der Waals surface area (Å²) in [6.45, 7) is 1.60. The third kappa shape index (κ3) is 164. The van der Waals surface area contributed by atoms with Gasteiger partial charge in [-0.05, 0) is 0 Å². The lowest BCUT2D eigenvalue weighted by molar-refractivity contribution is -0.136. The van der Waals surface area contributed by atoms with Gasteiger partial charge in [-0.3, -0.25) is 9.35 Å². The van der Waals surface area contributed by atoms with Crippen molar-refractivity contribution in [3.8, 4) is 0 Å². The predicted molar refractivity (Wildman–Crippen MR) is 33.7 cm³/mol. The summed E-state index contributed by atoms with van der Waals surface area (Å²) in [5.41, 5.74) is 0. The van der Waals surface area contributed by atoms with E-state index in [1.165, 1.54) is 0 Å². The summed E-state index contributed by atoms with van der Waals surface area (Å²) in [5.74, 6) is -0.745. The van der Waals surface area contributed by atoms with E-state index in [9.17, 15) is 4.79 Å². The smallest absolute Gasteiger partial charge is 0.330 e. The lowest BCUT2D eigenvalue weighted by Gasteiger charge is -1.71. The maximum absolute atomic E-state index is 9.37. The third-order valence-corrected chi connectivity index (χ3v) is 0.302. The van der Waals surface area contributed by atoms with Crippen molar-refractivity contribution in [2.45, 2.75) is 13.3 Å². The van der Waals surface area contributed by atoms with Crippen LogP contribution in [0, 0.1) is 0 Å². The molecular formula is C3H9NO5S. The molecule has 0 saturated carbocycles. The van der Waals surface area contributed by atoms with Crippen LogP contribution >= 0.6 is 0 Å². The van der Waals surface area contributed by atoms with Crippen LogP contribution in [0.1, 0.15) is 13.3 Å². The number of rotatable bonds is 1. The highest BCUT2D eigenvalue weighted by atomic mass is 32.2. The zero-order valence-corrected chi connectivity index (χ0v) is 6.13. The van der Waals surface area contributed by atoms with Gasteiger partial charge in [0.25, 0.3) is 0 Å². The first kappa shape index (κ1) is 12.1. The molecule has 6 nitrogen and oxygen atoms in total. The van der Waals surface area contributed by atoms with E-state index in [1.54, 1.807) is 6.92 Å². The molecule has 10 heavy (non-hydrogen) atoms. The first-order chi connectivity index (χ1) is 4.27. The van der Waals surface area contributed by atoms with Crippen LogP contribution in [0.4, 0.5) is 0 Å². The zero-order valence-electron chi connectivity index (χ0n) is 5.31. The maximum atomic E-state index is 9.37. The number of hydrogen-bond donors (Lipinski definition) is 3. The summed E-state index contributed by atoms with van der Waals surface area (Å²) in [4.78, 5) is 9.37. The number of carboxylic acid groups (broad SMARTS) is 1. The van der Waals surface area contributed by atoms with Gasteiger partial charge in [-0.15, -0.1) is 0 Å². The highest BCUT2D eigenvalue weighted by Gasteiger charge is 1.81. The minimum absolute atomic E-state index is 0.222. The van der Waals surface area contributed by atoms with Crippen molar-refractivity contribution >= 4 is 16.3 Å². The second kappa shape index (κ2) is 5.15. The van der Waals surface area contributed by atoms with Crippen LogP contribution in [0.25, 0.3) is 0 Å². The van der Waals surface area contributed by atoms with Crippen LogP contribution in [0.3, 0.4) is 0 Å². The minimum atomic E-state index is -4.17. The van der Waals surface area contributed by atoms with E-state index in [2.05, 4.69) is 5.14 Å². The Kier molecular flexibility index (Phi) is 6.21. The van der Waals surface area contributed by atoms with Gasteiger partial charge in [0.05, 0.1) is 0 Å². The van der Waals surface area contributed by atoms with E-state index >= 15 is 0 Å². The highest BCUT2D eigenvalue weighted by Crippen LogP contribution is 1.67. The van der Waals surface area contributed by atoms with Crippen molar-refractivity contribution in [1.29, 1.82) is 0 Å². The molecule has 0 aliphatic carbocycles. The Labute approximate surface area is 58.5 Å². The molecule has 4 N–H and O–H groups in total. The van der Waals surface area contributed by atoms with E-state index in [1.807, 2.05) is 0 Å². The molecule has 7 heteroatoms. The first-order valence-electron chi connectivity index (χ1n) is 2.24. The number of carbonyl (C=O) groups is 1. The van der Waals surface area contributed by atoms with Gasteiger partial charge in [-0.2, -0.15) is 8.42 Å². The summed E-state index contributed by atoms with van der Waals surface area (Å²) >= 11 is 0. The van der Waals surface area contributed by atoms with Crippen molar-refractivity contribution in [2.75, 3.05) is 0 Å². The Morgan fingerprint density at radius 1 is 1.60 bits per heavy atom. The molecule has 0 fully saturated rings. The largest absolute Gasteiger partial charge is 0.481 e. The van der Waals surface area contributed by atoms with E-state index in [4.69, 9.17) is 18.1 Å². The molecule has 0 aliphatic rings. The Morgan fingerprint density at radius 2 is 1.70 bits per heavy atom. The van der Waals surface area contributed by atoms with Gasteiger partial charge in [0.2, 0.25) is 0 Å². The van der Waals surface area contributed by atoms with Crippen molar-refractivity contribution in [3.63, 3.8) is 0 Å². The van der Waals surface area contributed by atoms with Crippen molar-refractivity contribution in [3.05, 3.63) is 0 Å². The first-order valence-corrected chi connectivity index (χ1v) is 3.74. The van der Waals surface area contributed by atoms with Gasteiger partial charge in [0, 0.05) is 6.42 Å². The van der Waals surface area contributed by atoms with Crippen LogP contribution < -0.4 is 5.14 Å². The second-order valence-electron chi connectivity index (χ2n) is 1.26. The molecule has 0 unspecified atom stereocenters. The predicted octanol–water partition coefficient (Wildman–Crippen LogP) is -0.771. The fraction of sp³-hybridized carbons (Fsp3) is 0.667. The summed E-state index contributed by atoms with van der Waals surface area (Å²) in [6.07, 6.45) is 0.222. The SMILES string of the molecule is CCC(=O)O.NS(=O)(=O)O. The molecule has 0 atom stereocenters. The van der Waals surface area contributed by atoms with Crippen LogP contribution in [-0.4, -0.2) is 24.0 Å².